The maximum atomic E-state index is 12.9. The number of nitrogens with zero attached hydrogens (tertiary/aromatic N) is 3. The number of hydrogen-bond donors (Lipinski definition) is 0. The molecule has 2 heterocycles. The van der Waals surface area contributed by atoms with Gasteiger partial charge < -0.3 is 9.26 Å². The van der Waals surface area contributed by atoms with Crippen LogP contribution in [0.4, 0.5) is 13.2 Å². The van der Waals surface area contributed by atoms with Crippen LogP contribution in [0.3, 0.4) is 0 Å². The van der Waals surface area contributed by atoms with Crippen molar-refractivity contribution in [3.05, 3.63) is 29.8 Å². The van der Waals surface area contributed by atoms with Crippen LogP contribution >= 0.6 is 0 Å². The van der Waals surface area contributed by atoms with Crippen molar-refractivity contribution in [1.29, 1.82) is 0 Å². The van der Waals surface area contributed by atoms with Crippen LogP contribution in [0.25, 0.3) is 11.5 Å². The highest BCUT2D eigenvalue weighted by molar-refractivity contribution is 5.72. The minimum atomic E-state index is -4.59. The number of aromatic nitrogens is 3. The Labute approximate surface area is 129 Å². The monoisotopic (exact) mass is 329 g/mol. The van der Waals surface area contributed by atoms with Crippen LogP contribution in [0.2, 0.25) is 0 Å². The second-order valence-corrected chi connectivity index (χ2v) is 5.70. The second kappa shape index (κ2) is 5.98. The highest BCUT2D eigenvalue weighted by Crippen LogP contribution is 2.35. The molecule has 23 heavy (non-hydrogen) atoms. The molecule has 0 unspecified atom stereocenters. The van der Waals surface area contributed by atoms with Crippen LogP contribution in [0, 0.1) is 0 Å². The largest absolute Gasteiger partial charge is 0.460 e. The van der Waals surface area contributed by atoms with E-state index in [0.29, 0.717) is 0 Å². The molecule has 0 aromatic carbocycles. The van der Waals surface area contributed by atoms with Crippen molar-refractivity contribution in [1.82, 2.24) is 15.1 Å². The Hall–Kier alpha value is -2.45. The summed E-state index contributed by atoms with van der Waals surface area (Å²) >= 11 is 0. The number of esters is 1. The van der Waals surface area contributed by atoms with Crippen molar-refractivity contribution < 1.29 is 27.2 Å². The lowest BCUT2D eigenvalue weighted by atomic mass is 10.1. The molecule has 0 saturated carbocycles. The van der Waals surface area contributed by atoms with Gasteiger partial charge in [0.2, 0.25) is 0 Å². The summed E-state index contributed by atoms with van der Waals surface area (Å²) in [5.74, 6) is -1.03. The van der Waals surface area contributed by atoms with E-state index in [9.17, 15) is 18.0 Å². The Bertz CT molecular complexity index is 705. The molecular weight excluding hydrogens is 315 g/mol. The molecule has 0 bridgehead atoms. The number of hydrogen-bond acceptors (Lipinski definition) is 6. The minimum absolute atomic E-state index is 0.0637. The van der Waals surface area contributed by atoms with Gasteiger partial charge in [0.25, 0.3) is 5.89 Å². The van der Waals surface area contributed by atoms with Crippen LogP contribution in [0.15, 0.2) is 23.0 Å². The van der Waals surface area contributed by atoms with Crippen molar-refractivity contribution in [3.8, 4) is 11.5 Å². The molecule has 0 aliphatic rings. The van der Waals surface area contributed by atoms with Gasteiger partial charge in [0.05, 0.1) is 11.1 Å². The summed E-state index contributed by atoms with van der Waals surface area (Å²) < 4.78 is 48.7. The Kier molecular flexibility index (Phi) is 4.39. The van der Waals surface area contributed by atoms with Gasteiger partial charge in [-0.3, -0.25) is 9.78 Å². The molecule has 0 radical (unpaired) electrons. The van der Waals surface area contributed by atoms with Gasteiger partial charge in [0, 0.05) is 12.4 Å². The van der Waals surface area contributed by atoms with E-state index in [-0.39, 0.29) is 23.7 Å². The van der Waals surface area contributed by atoms with E-state index in [4.69, 9.17) is 9.26 Å². The van der Waals surface area contributed by atoms with Crippen LogP contribution in [-0.4, -0.2) is 26.7 Å². The van der Waals surface area contributed by atoms with E-state index in [0.717, 1.165) is 18.5 Å². The summed E-state index contributed by atoms with van der Waals surface area (Å²) in [7, 11) is 0. The normalized spacial score (nSPS) is 12.3. The van der Waals surface area contributed by atoms with Crippen molar-refractivity contribution in [2.75, 3.05) is 0 Å². The first-order valence-corrected chi connectivity index (χ1v) is 6.62. The topological polar surface area (TPSA) is 78.1 Å². The Balaban J connectivity index is 2.22. The van der Waals surface area contributed by atoms with Gasteiger partial charge >= 0.3 is 12.1 Å². The van der Waals surface area contributed by atoms with Gasteiger partial charge in [-0.2, -0.15) is 18.2 Å². The average Bonchev–Trinajstić information content (AvgIpc) is 2.83. The molecule has 0 fully saturated rings. The molecule has 0 atom stereocenters. The third-order valence-electron chi connectivity index (χ3n) is 2.55. The second-order valence-electron chi connectivity index (χ2n) is 5.70. The zero-order valence-electron chi connectivity index (χ0n) is 12.6. The van der Waals surface area contributed by atoms with Crippen molar-refractivity contribution >= 4 is 5.97 Å². The van der Waals surface area contributed by atoms with Crippen LogP contribution in [0.5, 0.6) is 0 Å². The first kappa shape index (κ1) is 16.9. The van der Waals surface area contributed by atoms with E-state index in [2.05, 4.69) is 15.1 Å². The van der Waals surface area contributed by atoms with Gasteiger partial charge in [-0.25, -0.2) is 0 Å². The smallest absolute Gasteiger partial charge is 0.417 e. The Morgan fingerprint density at radius 3 is 2.61 bits per heavy atom. The highest BCUT2D eigenvalue weighted by atomic mass is 19.4. The van der Waals surface area contributed by atoms with Gasteiger partial charge in [-0.1, -0.05) is 5.16 Å². The molecule has 0 aliphatic heterocycles. The number of rotatable bonds is 3. The van der Waals surface area contributed by atoms with E-state index in [1.54, 1.807) is 20.8 Å². The lowest BCUT2D eigenvalue weighted by Gasteiger charge is -2.18. The predicted molar refractivity (Wildman–Crippen MR) is 72.1 cm³/mol. The molecule has 2 aromatic rings. The lowest BCUT2D eigenvalue weighted by Crippen LogP contribution is -2.25. The third-order valence-corrected chi connectivity index (χ3v) is 2.55. The van der Waals surface area contributed by atoms with Gasteiger partial charge in [0.1, 0.15) is 12.0 Å². The molecule has 124 valence electrons. The summed E-state index contributed by atoms with van der Waals surface area (Å²) in [6.45, 7) is 5.08. The molecule has 2 aromatic heterocycles. The third kappa shape index (κ3) is 4.51. The summed E-state index contributed by atoms with van der Waals surface area (Å²) in [5, 5.41) is 3.50. The van der Waals surface area contributed by atoms with Crippen molar-refractivity contribution in [2.24, 2.45) is 0 Å². The number of carbonyl (C=O) groups excluding carboxylic acids is 1. The number of pyridine rings is 1. The molecule has 0 N–H and O–H groups in total. The van der Waals surface area contributed by atoms with E-state index >= 15 is 0 Å². The highest BCUT2D eigenvalue weighted by Gasteiger charge is 2.35. The number of carbonyl (C=O) groups is 1. The first-order valence-electron chi connectivity index (χ1n) is 6.62. The molecule has 9 heteroatoms. The van der Waals surface area contributed by atoms with Crippen molar-refractivity contribution in [2.45, 2.75) is 39.0 Å². The fourth-order valence-corrected chi connectivity index (χ4v) is 1.75. The summed E-state index contributed by atoms with van der Waals surface area (Å²) in [5.41, 5.74) is -1.97. The van der Waals surface area contributed by atoms with Crippen LogP contribution in [0.1, 0.15) is 32.2 Å². The van der Waals surface area contributed by atoms with E-state index in [1.807, 2.05) is 0 Å². The maximum Gasteiger partial charge on any atom is 0.417 e. The fraction of sp³-hybridized carbons (Fsp3) is 0.429. The SMILES string of the molecule is CC(C)(C)OC(=O)Cc1noc(-c2cnccc2C(F)(F)F)n1. The van der Waals surface area contributed by atoms with E-state index < -0.39 is 23.3 Å². The molecule has 0 spiro atoms. The van der Waals surface area contributed by atoms with Gasteiger partial charge in [-0.05, 0) is 26.8 Å². The molecule has 0 aliphatic carbocycles. The molecule has 0 amide bonds. The predicted octanol–water partition coefficient (Wildman–Crippen LogP) is 3.03. The molecule has 6 nitrogen and oxygen atoms in total. The number of halogens is 3. The quantitative estimate of drug-likeness (QED) is 0.806. The van der Waals surface area contributed by atoms with Crippen LogP contribution < -0.4 is 0 Å². The summed E-state index contributed by atoms with van der Waals surface area (Å²) in [6, 6.07) is 0.813. The van der Waals surface area contributed by atoms with Gasteiger partial charge in [0.15, 0.2) is 5.82 Å². The molecule has 2 rings (SSSR count). The summed E-state index contributed by atoms with van der Waals surface area (Å²) in [4.78, 5) is 19.1. The zero-order valence-corrected chi connectivity index (χ0v) is 12.6. The molecule has 0 saturated heterocycles. The summed E-state index contributed by atoms with van der Waals surface area (Å²) in [6.07, 6.45) is -2.89. The molecular formula is C14H14F3N3O3. The zero-order chi connectivity index (χ0) is 17.3. The fourth-order valence-electron chi connectivity index (χ4n) is 1.75. The van der Waals surface area contributed by atoms with Crippen LogP contribution in [-0.2, 0) is 22.1 Å². The Morgan fingerprint density at radius 2 is 2.00 bits per heavy atom. The maximum absolute atomic E-state index is 12.9. The minimum Gasteiger partial charge on any atom is -0.460 e. The first-order chi connectivity index (χ1) is 10.6. The lowest BCUT2D eigenvalue weighted by molar-refractivity contribution is -0.154. The number of ether oxygens (including phenoxy) is 1. The van der Waals surface area contributed by atoms with Crippen molar-refractivity contribution in [3.63, 3.8) is 0 Å². The van der Waals surface area contributed by atoms with E-state index in [1.165, 1.54) is 0 Å². The Morgan fingerprint density at radius 1 is 1.30 bits per heavy atom. The average molecular weight is 329 g/mol. The number of alkyl halides is 3. The standard InChI is InChI=1S/C14H14F3N3O3/c1-13(2,3)22-11(21)6-10-19-12(23-20-10)8-7-18-5-4-9(8)14(15,16)17/h4-5,7H,6H2,1-3H3. The van der Waals surface area contributed by atoms with Gasteiger partial charge in [-0.15, -0.1) is 0 Å².